The molecule has 0 aromatic heterocycles. The number of amides is 1. The zero-order chi connectivity index (χ0) is 24.0. The summed E-state index contributed by atoms with van der Waals surface area (Å²) in [5.41, 5.74) is 1.57. The second-order valence-corrected chi connectivity index (χ2v) is 8.47. The predicted molar refractivity (Wildman–Crippen MR) is 124 cm³/mol. The third-order valence-corrected chi connectivity index (χ3v) is 6.09. The van der Waals surface area contributed by atoms with Gasteiger partial charge in [-0.05, 0) is 35.8 Å². The van der Waals surface area contributed by atoms with E-state index in [9.17, 15) is 19.8 Å². The highest BCUT2D eigenvalue weighted by atomic mass is 35.5. The number of hydrogen-bond acceptors (Lipinski definition) is 5. The van der Waals surface area contributed by atoms with E-state index in [0.29, 0.717) is 22.8 Å². The molecule has 1 saturated heterocycles. The molecule has 1 amide bonds. The van der Waals surface area contributed by atoms with Crippen LogP contribution in [0.2, 0.25) is 5.02 Å². The molecule has 2 unspecified atom stereocenters. The molecule has 0 saturated carbocycles. The van der Waals surface area contributed by atoms with Gasteiger partial charge in [0.05, 0.1) is 24.3 Å². The van der Waals surface area contributed by atoms with Crippen molar-refractivity contribution in [1.82, 2.24) is 5.32 Å². The van der Waals surface area contributed by atoms with Crippen LogP contribution in [-0.2, 0) is 20.7 Å². The predicted octanol–water partition coefficient (Wildman–Crippen LogP) is 3.54. The fourth-order valence-electron chi connectivity index (χ4n) is 3.88. The Morgan fingerprint density at radius 3 is 2.61 bits per heavy atom. The second-order valence-electron chi connectivity index (χ2n) is 8.07. The highest BCUT2D eigenvalue weighted by Gasteiger charge is 2.40. The molecule has 5 atom stereocenters. The first kappa shape index (κ1) is 24.8. The van der Waals surface area contributed by atoms with E-state index in [1.807, 2.05) is 37.3 Å². The summed E-state index contributed by atoms with van der Waals surface area (Å²) in [5, 5.41) is 22.9. The number of carboxylic acid groups (broad SMARTS) is 1. The summed E-state index contributed by atoms with van der Waals surface area (Å²) in [5.74, 6) is -1.30. The van der Waals surface area contributed by atoms with Gasteiger partial charge in [0.2, 0.25) is 5.91 Å². The monoisotopic (exact) mass is 473 g/mol. The largest absolute Gasteiger partial charge is 0.495 e. The Hall–Kier alpha value is -2.87. The van der Waals surface area contributed by atoms with E-state index >= 15 is 0 Å². The van der Waals surface area contributed by atoms with Crippen molar-refractivity contribution in [3.8, 4) is 5.75 Å². The minimum atomic E-state index is -1.15. The summed E-state index contributed by atoms with van der Waals surface area (Å²) in [6.45, 7) is 1.91. The van der Waals surface area contributed by atoms with Crippen LogP contribution < -0.4 is 10.1 Å². The minimum Gasteiger partial charge on any atom is -0.495 e. The molecule has 0 aliphatic carbocycles. The molecule has 0 bridgehead atoms. The van der Waals surface area contributed by atoms with Crippen LogP contribution in [0, 0.1) is 5.92 Å². The van der Waals surface area contributed by atoms with Crippen LogP contribution in [0.4, 0.5) is 0 Å². The average Bonchev–Trinajstić information content (AvgIpc) is 3.08. The Morgan fingerprint density at radius 1 is 1.24 bits per heavy atom. The Balaban J connectivity index is 1.55. The van der Waals surface area contributed by atoms with Gasteiger partial charge in [-0.15, -0.1) is 0 Å². The van der Waals surface area contributed by atoms with Gasteiger partial charge in [0.1, 0.15) is 17.9 Å². The van der Waals surface area contributed by atoms with Crippen molar-refractivity contribution in [1.29, 1.82) is 0 Å². The van der Waals surface area contributed by atoms with Crippen LogP contribution >= 0.6 is 11.6 Å². The molecule has 3 N–H and O–H groups in total. The fraction of sp³-hybridized carbons (Fsp3) is 0.360. The number of nitrogens with one attached hydrogen (secondary N) is 1. The van der Waals surface area contributed by atoms with E-state index in [1.54, 1.807) is 24.3 Å². The van der Waals surface area contributed by atoms with Crippen molar-refractivity contribution in [2.75, 3.05) is 7.11 Å². The molecule has 1 aliphatic rings. The molecule has 33 heavy (non-hydrogen) atoms. The first-order valence-electron chi connectivity index (χ1n) is 10.7. The van der Waals surface area contributed by atoms with Gasteiger partial charge in [-0.3, -0.25) is 4.79 Å². The summed E-state index contributed by atoms with van der Waals surface area (Å²) in [6, 6.07) is 13.4. The van der Waals surface area contributed by atoms with Gasteiger partial charge >= 0.3 is 5.97 Å². The lowest BCUT2D eigenvalue weighted by atomic mass is 9.94. The SMILES string of the molecule is COc1ccc(C[C@@H](NC(=O)C=CCC2O[C@@H](c3ccccc3)C(O)[C@H]2C)C(=O)O)cc1Cl. The lowest BCUT2D eigenvalue weighted by molar-refractivity contribution is -0.141. The molecule has 2 aromatic carbocycles. The van der Waals surface area contributed by atoms with Crippen LogP contribution in [0.15, 0.2) is 60.7 Å². The molecule has 3 rings (SSSR count). The van der Waals surface area contributed by atoms with Crippen molar-refractivity contribution in [3.05, 3.63) is 76.8 Å². The summed E-state index contributed by atoms with van der Waals surface area (Å²) >= 11 is 6.10. The topological polar surface area (TPSA) is 105 Å². The Morgan fingerprint density at radius 2 is 1.97 bits per heavy atom. The molecule has 8 heteroatoms. The summed E-state index contributed by atoms with van der Waals surface area (Å²) in [6.07, 6.45) is 2.11. The van der Waals surface area contributed by atoms with Crippen LogP contribution in [0.3, 0.4) is 0 Å². The van der Waals surface area contributed by atoms with E-state index in [2.05, 4.69) is 5.32 Å². The fourth-order valence-corrected chi connectivity index (χ4v) is 4.16. The number of carbonyl (C=O) groups excluding carboxylic acids is 1. The number of rotatable bonds is 9. The summed E-state index contributed by atoms with van der Waals surface area (Å²) in [7, 11) is 1.49. The molecular weight excluding hydrogens is 446 g/mol. The standard InChI is InChI=1S/C25H28ClNO6/c1-15-20(33-24(23(15)29)17-7-4-3-5-8-17)9-6-10-22(28)27-19(25(30)31)14-16-11-12-21(32-2)18(26)13-16/h3-8,10-13,15,19-20,23-24,29H,9,14H2,1-2H3,(H,27,28)(H,30,31)/t15-,19+,20?,23?,24-/m0/s1. The number of carboxylic acids is 1. The molecule has 176 valence electrons. The van der Waals surface area contributed by atoms with E-state index in [1.165, 1.54) is 13.2 Å². The van der Waals surface area contributed by atoms with E-state index in [4.69, 9.17) is 21.1 Å². The van der Waals surface area contributed by atoms with Crippen molar-refractivity contribution < 1.29 is 29.3 Å². The number of halogens is 1. The van der Waals surface area contributed by atoms with Crippen molar-refractivity contribution in [2.24, 2.45) is 5.92 Å². The molecule has 0 radical (unpaired) electrons. The quantitative estimate of drug-likeness (QED) is 0.481. The Labute approximate surface area is 198 Å². The Kier molecular flexibility index (Phi) is 8.49. The summed E-state index contributed by atoms with van der Waals surface area (Å²) < 4.78 is 11.1. The summed E-state index contributed by atoms with van der Waals surface area (Å²) in [4.78, 5) is 24.0. The van der Waals surface area contributed by atoms with Gasteiger partial charge in [0.15, 0.2) is 0 Å². The van der Waals surface area contributed by atoms with E-state index in [-0.39, 0.29) is 18.4 Å². The van der Waals surface area contributed by atoms with Crippen LogP contribution in [0.1, 0.15) is 30.6 Å². The second kappa shape index (κ2) is 11.3. The molecular formula is C25H28ClNO6. The number of benzene rings is 2. The van der Waals surface area contributed by atoms with Gasteiger partial charge in [-0.2, -0.15) is 0 Å². The smallest absolute Gasteiger partial charge is 0.326 e. The van der Waals surface area contributed by atoms with Gasteiger partial charge in [-0.25, -0.2) is 4.79 Å². The van der Waals surface area contributed by atoms with Crippen LogP contribution in [-0.4, -0.2) is 47.4 Å². The van der Waals surface area contributed by atoms with Gasteiger partial charge in [0, 0.05) is 12.3 Å². The Bertz CT molecular complexity index is 996. The number of ether oxygens (including phenoxy) is 2. The molecule has 1 heterocycles. The molecule has 7 nitrogen and oxygen atoms in total. The number of methoxy groups -OCH3 is 1. The molecule has 0 spiro atoms. The van der Waals surface area contributed by atoms with Gasteiger partial charge in [-0.1, -0.05) is 61.0 Å². The van der Waals surface area contributed by atoms with Crippen LogP contribution in [0.5, 0.6) is 5.75 Å². The van der Waals surface area contributed by atoms with Gasteiger partial charge < -0.3 is 25.0 Å². The third-order valence-electron chi connectivity index (χ3n) is 5.79. The highest BCUT2D eigenvalue weighted by molar-refractivity contribution is 6.32. The lowest BCUT2D eigenvalue weighted by Gasteiger charge is -2.15. The molecule has 2 aromatic rings. The van der Waals surface area contributed by atoms with Gasteiger partial charge in [0.25, 0.3) is 0 Å². The highest BCUT2D eigenvalue weighted by Crippen LogP contribution is 2.38. The average molecular weight is 474 g/mol. The van der Waals surface area contributed by atoms with Crippen molar-refractivity contribution in [3.63, 3.8) is 0 Å². The molecule has 1 fully saturated rings. The zero-order valence-electron chi connectivity index (χ0n) is 18.5. The number of aliphatic hydroxyl groups excluding tert-OH is 1. The van der Waals surface area contributed by atoms with E-state index < -0.39 is 30.1 Å². The first-order valence-corrected chi connectivity index (χ1v) is 11.1. The zero-order valence-corrected chi connectivity index (χ0v) is 19.2. The maximum Gasteiger partial charge on any atom is 0.326 e. The normalized spacial score (nSPS) is 23.4. The number of aliphatic carboxylic acids is 1. The van der Waals surface area contributed by atoms with Crippen LogP contribution in [0.25, 0.3) is 0 Å². The minimum absolute atomic E-state index is 0.0757. The van der Waals surface area contributed by atoms with E-state index in [0.717, 1.165) is 5.56 Å². The van der Waals surface area contributed by atoms with Crippen molar-refractivity contribution in [2.45, 2.75) is 44.1 Å². The third kappa shape index (κ3) is 6.35. The lowest BCUT2D eigenvalue weighted by Crippen LogP contribution is -2.41. The number of aliphatic hydroxyl groups is 1. The molecule has 1 aliphatic heterocycles. The number of hydrogen-bond donors (Lipinski definition) is 3. The first-order chi connectivity index (χ1) is 15.8. The number of carbonyl (C=O) groups is 2. The maximum atomic E-state index is 12.3. The maximum absolute atomic E-state index is 12.3. The van der Waals surface area contributed by atoms with Crippen molar-refractivity contribution >= 4 is 23.5 Å².